The molecule has 5 aromatic rings. The van der Waals surface area contributed by atoms with E-state index in [1.54, 1.807) is 6.92 Å². The van der Waals surface area contributed by atoms with Crippen LogP contribution in [0.3, 0.4) is 0 Å². The number of aliphatic imine (C=N–C) groups is 1. The smallest absolute Gasteiger partial charge is 0.416 e. The highest BCUT2D eigenvalue weighted by atomic mass is 19.4. The Morgan fingerprint density at radius 3 is 1.48 bits per heavy atom. The van der Waals surface area contributed by atoms with Crippen LogP contribution in [0.2, 0.25) is 0 Å². The lowest BCUT2D eigenvalue weighted by Gasteiger charge is -2.11. The molecule has 4 aromatic carbocycles. The molecule has 3 nitrogen and oxygen atoms in total. The Hall–Kier alpha value is -4.27. The summed E-state index contributed by atoms with van der Waals surface area (Å²) in [5, 5.41) is 1.75. The maximum Gasteiger partial charge on any atom is 0.416 e. The first-order valence-electron chi connectivity index (χ1n) is 12.6. The van der Waals surface area contributed by atoms with Gasteiger partial charge in [-0.3, -0.25) is 0 Å². The molecule has 0 amide bonds. The topological polar surface area (TPSA) is 26.5 Å². The number of hydrogen-bond acceptors (Lipinski definition) is 2. The zero-order chi connectivity index (χ0) is 28.2. The van der Waals surface area contributed by atoms with Gasteiger partial charge in [0.1, 0.15) is 12.6 Å². The molecule has 1 unspecified atom stereocenters. The molecule has 0 fully saturated rings. The summed E-state index contributed by atoms with van der Waals surface area (Å²) in [6.45, 7) is 2.81. The Bertz CT molecular complexity index is 1630. The van der Waals surface area contributed by atoms with Crippen molar-refractivity contribution in [3.05, 3.63) is 96.1 Å². The van der Waals surface area contributed by atoms with Crippen LogP contribution in [0.1, 0.15) is 18.1 Å². The Morgan fingerprint density at radius 1 is 0.675 bits per heavy atom. The quantitative estimate of drug-likeness (QED) is 0.205. The highest BCUT2D eigenvalue weighted by Gasteiger charge is 2.31. The first-order chi connectivity index (χ1) is 19.0. The zero-order valence-electron chi connectivity index (χ0n) is 21.1. The van der Waals surface area contributed by atoms with Gasteiger partial charge in [0.25, 0.3) is 0 Å². The Morgan fingerprint density at radius 2 is 1.10 bits per heavy atom. The van der Waals surface area contributed by atoms with E-state index in [2.05, 4.69) is 9.56 Å². The number of ether oxygens (including phenoxy) is 1. The number of hydrogen-bond donors (Lipinski definition) is 0. The summed E-state index contributed by atoms with van der Waals surface area (Å²) in [4.78, 5) is 4.55. The van der Waals surface area contributed by atoms with Crippen molar-refractivity contribution >= 4 is 27.7 Å². The van der Waals surface area contributed by atoms with Crippen molar-refractivity contribution < 1.29 is 31.1 Å². The summed E-state index contributed by atoms with van der Waals surface area (Å²) in [6, 6.07) is 21.5. The van der Waals surface area contributed by atoms with Gasteiger partial charge in [-0.25, -0.2) is 4.99 Å². The number of fused-ring (bicyclic) bond motifs is 3. The van der Waals surface area contributed by atoms with Crippen LogP contribution in [0, 0.1) is 0 Å². The molecule has 204 valence electrons. The molecule has 1 aromatic heterocycles. The fourth-order valence-corrected chi connectivity index (χ4v) is 5.22. The lowest BCUT2D eigenvalue weighted by atomic mass is 9.99. The second kappa shape index (κ2) is 9.43. The first-order valence-corrected chi connectivity index (χ1v) is 12.6. The van der Waals surface area contributed by atoms with Crippen LogP contribution in [0.15, 0.2) is 89.9 Å². The molecule has 0 radical (unpaired) electrons. The van der Waals surface area contributed by atoms with E-state index in [4.69, 9.17) is 4.74 Å². The standard InChI is InChI=1S/C31H22F6N2O/c1-18-38-25(17-40-18)16-39-28-12-6-21(19-2-8-23(9-3-19)30(32,33)34)14-26(28)27-15-22(7-13-29(27)39)20-4-10-24(11-5-20)31(35,36)37/h2-15,25H,16-17H2,1H3. The van der Waals surface area contributed by atoms with Crippen LogP contribution in [0.5, 0.6) is 0 Å². The maximum absolute atomic E-state index is 13.1. The molecule has 0 aliphatic carbocycles. The Labute approximate surface area is 225 Å². The molecule has 1 atom stereocenters. The second-order valence-corrected chi connectivity index (χ2v) is 9.84. The molecule has 0 saturated carbocycles. The average molecular weight is 553 g/mol. The van der Waals surface area contributed by atoms with Gasteiger partial charge in [-0.15, -0.1) is 0 Å². The summed E-state index contributed by atoms with van der Waals surface area (Å²) in [6.07, 6.45) is -8.84. The third-order valence-electron chi connectivity index (χ3n) is 7.20. The van der Waals surface area contributed by atoms with E-state index < -0.39 is 23.5 Å². The highest BCUT2D eigenvalue weighted by Crippen LogP contribution is 2.37. The number of nitrogens with zero attached hydrogens (tertiary/aromatic N) is 2. The molecule has 6 rings (SSSR count). The van der Waals surface area contributed by atoms with Crippen molar-refractivity contribution in [1.29, 1.82) is 0 Å². The Balaban J connectivity index is 1.48. The van der Waals surface area contributed by atoms with Gasteiger partial charge in [-0.05, 0) is 70.8 Å². The summed E-state index contributed by atoms with van der Waals surface area (Å²) in [5.74, 6) is 0.625. The normalized spacial score (nSPS) is 16.0. The summed E-state index contributed by atoms with van der Waals surface area (Å²) in [5.41, 5.74) is 3.16. The molecular weight excluding hydrogens is 530 g/mol. The van der Waals surface area contributed by atoms with E-state index in [9.17, 15) is 26.3 Å². The van der Waals surface area contributed by atoms with E-state index in [-0.39, 0.29) is 6.04 Å². The van der Waals surface area contributed by atoms with Gasteiger partial charge in [0, 0.05) is 35.3 Å². The summed E-state index contributed by atoms with van der Waals surface area (Å²) < 4.78 is 86.2. The van der Waals surface area contributed by atoms with Gasteiger partial charge >= 0.3 is 12.4 Å². The highest BCUT2D eigenvalue weighted by molar-refractivity contribution is 6.10. The SMILES string of the molecule is CC1=NC(Cn2c3ccc(-c4ccc(C(F)(F)F)cc4)cc3c3cc(-c4ccc(C(F)(F)F)cc4)ccc32)CO1. The first kappa shape index (κ1) is 26.0. The van der Waals surface area contributed by atoms with Gasteiger partial charge in [0.2, 0.25) is 0 Å². The molecule has 1 aliphatic heterocycles. The summed E-state index contributed by atoms with van der Waals surface area (Å²) >= 11 is 0. The van der Waals surface area contributed by atoms with Gasteiger partial charge < -0.3 is 9.30 Å². The fourth-order valence-electron chi connectivity index (χ4n) is 5.22. The monoisotopic (exact) mass is 552 g/mol. The van der Waals surface area contributed by atoms with E-state index in [0.29, 0.717) is 30.2 Å². The van der Waals surface area contributed by atoms with Crippen LogP contribution >= 0.6 is 0 Å². The molecule has 0 N–H and O–H groups in total. The van der Waals surface area contributed by atoms with Crippen LogP contribution in [-0.4, -0.2) is 23.1 Å². The van der Waals surface area contributed by atoms with Crippen molar-refractivity contribution in [2.45, 2.75) is 31.9 Å². The Kier molecular flexibility index (Phi) is 6.12. The van der Waals surface area contributed by atoms with Gasteiger partial charge in [0.05, 0.1) is 11.1 Å². The number of aromatic nitrogens is 1. The molecule has 2 heterocycles. The molecule has 0 spiro atoms. The predicted octanol–water partition coefficient (Wildman–Crippen LogP) is 8.98. The number of benzene rings is 4. The van der Waals surface area contributed by atoms with Crippen molar-refractivity contribution in [3.63, 3.8) is 0 Å². The van der Waals surface area contributed by atoms with E-state index >= 15 is 0 Å². The van der Waals surface area contributed by atoms with Crippen LogP contribution < -0.4 is 0 Å². The van der Waals surface area contributed by atoms with Crippen molar-refractivity contribution in [2.75, 3.05) is 6.61 Å². The molecule has 0 bridgehead atoms. The van der Waals surface area contributed by atoms with E-state index in [1.165, 1.54) is 24.3 Å². The second-order valence-electron chi connectivity index (χ2n) is 9.84. The number of halogens is 6. The van der Waals surface area contributed by atoms with Gasteiger partial charge in [-0.2, -0.15) is 26.3 Å². The van der Waals surface area contributed by atoms with E-state index in [0.717, 1.165) is 57.2 Å². The van der Waals surface area contributed by atoms with E-state index in [1.807, 2.05) is 36.4 Å². The average Bonchev–Trinajstić information content (AvgIpc) is 3.48. The molecule has 40 heavy (non-hydrogen) atoms. The zero-order valence-corrected chi connectivity index (χ0v) is 21.1. The molecule has 0 saturated heterocycles. The van der Waals surface area contributed by atoms with Crippen molar-refractivity contribution in [2.24, 2.45) is 4.99 Å². The third-order valence-corrected chi connectivity index (χ3v) is 7.20. The minimum absolute atomic E-state index is 0.0806. The lowest BCUT2D eigenvalue weighted by Crippen LogP contribution is -2.15. The predicted molar refractivity (Wildman–Crippen MR) is 143 cm³/mol. The minimum Gasteiger partial charge on any atom is -0.479 e. The summed E-state index contributed by atoms with van der Waals surface area (Å²) in [7, 11) is 0. The lowest BCUT2D eigenvalue weighted by molar-refractivity contribution is -0.138. The maximum atomic E-state index is 13.1. The third kappa shape index (κ3) is 4.80. The number of alkyl halides is 6. The fraction of sp³-hybridized carbons (Fsp3) is 0.194. The number of rotatable bonds is 4. The van der Waals surface area contributed by atoms with Crippen molar-refractivity contribution in [1.82, 2.24) is 4.57 Å². The van der Waals surface area contributed by atoms with Crippen molar-refractivity contribution in [3.8, 4) is 22.3 Å². The van der Waals surface area contributed by atoms with Gasteiger partial charge in [0.15, 0.2) is 5.90 Å². The van der Waals surface area contributed by atoms with Crippen LogP contribution in [-0.2, 0) is 23.6 Å². The van der Waals surface area contributed by atoms with Crippen LogP contribution in [0.4, 0.5) is 26.3 Å². The largest absolute Gasteiger partial charge is 0.479 e. The molecule has 9 heteroatoms. The molecule has 1 aliphatic rings. The van der Waals surface area contributed by atoms with Gasteiger partial charge in [-0.1, -0.05) is 36.4 Å². The van der Waals surface area contributed by atoms with Crippen LogP contribution in [0.25, 0.3) is 44.1 Å². The molecular formula is C31H22F6N2O. The minimum atomic E-state index is -4.42.